The smallest absolute Gasteiger partial charge is 0.314 e. The van der Waals surface area contributed by atoms with Crippen LogP contribution in [-0.2, 0) is 0 Å². The Labute approximate surface area is 293 Å². The Morgan fingerprint density at radius 2 is 0.761 bits per heavy atom. The van der Waals surface area contributed by atoms with Crippen LogP contribution in [0.15, 0.2) is 24.3 Å². The van der Waals surface area contributed by atoms with Gasteiger partial charge in [-0.1, -0.05) is 118 Å². The summed E-state index contributed by atoms with van der Waals surface area (Å²) in [5, 5.41) is 21.4. The number of hydrogen-bond donors (Lipinski definition) is 5. The third-order valence-electron chi connectivity index (χ3n) is 7.66. The number of amides is 4. The van der Waals surface area contributed by atoms with Crippen molar-refractivity contribution in [2.45, 2.75) is 168 Å². The molecule has 0 spiro atoms. The number of urea groups is 2. The molecule has 0 aliphatic rings. The molecule has 0 aromatic carbocycles. The number of carbonyl (C=O) groups excluding carboxylic acids is 2. The van der Waals surface area contributed by atoms with Crippen LogP contribution in [0.4, 0.5) is 9.59 Å². The predicted octanol–water partition coefficient (Wildman–Crippen LogP) is 10.5. The number of halogens is 1. The van der Waals surface area contributed by atoms with Crippen molar-refractivity contribution >= 4 is 28.0 Å². The van der Waals surface area contributed by atoms with Crippen molar-refractivity contribution in [1.82, 2.24) is 21.3 Å². The molecule has 0 rings (SSSR count). The Morgan fingerprint density at radius 3 is 1.11 bits per heavy atom. The Hall–Kier alpha value is -1.54. The number of hydrogen-bond acceptors (Lipinski definition) is 3. The first-order valence-corrected chi connectivity index (χ1v) is 20.2. The molecule has 0 fully saturated rings. The maximum absolute atomic E-state index is 11.5. The lowest BCUT2D eigenvalue weighted by Gasteiger charge is -2.06. The fourth-order valence-electron chi connectivity index (χ4n) is 4.72. The van der Waals surface area contributed by atoms with Crippen molar-refractivity contribution < 1.29 is 14.7 Å². The molecule has 7 nitrogen and oxygen atoms in total. The zero-order valence-electron chi connectivity index (χ0n) is 30.2. The van der Waals surface area contributed by atoms with Crippen LogP contribution in [0, 0.1) is 0 Å². The van der Waals surface area contributed by atoms with E-state index in [4.69, 9.17) is 5.11 Å². The number of carbonyl (C=O) groups is 2. The van der Waals surface area contributed by atoms with Gasteiger partial charge in [-0.3, -0.25) is 0 Å². The molecule has 0 unspecified atom stereocenters. The number of allylic oxidation sites excluding steroid dienone is 4. The molecule has 0 atom stereocenters. The summed E-state index contributed by atoms with van der Waals surface area (Å²) in [5.41, 5.74) is 0. The van der Waals surface area contributed by atoms with Gasteiger partial charge in [0.2, 0.25) is 0 Å². The lowest BCUT2D eigenvalue weighted by molar-refractivity contribution is 0.239. The molecule has 0 aromatic heterocycles. The van der Waals surface area contributed by atoms with Crippen molar-refractivity contribution in [3.8, 4) is 0 Å². The van der Waals surface area contributed by atoms with Crippen molar-refractivity contribution in [1.29, 1.82) is 0 Å². The van der Waals surface area contributed by atoms with E-state index in [2.05, 4.69) is 75.3 Å². The van der Waals surface area contributed by atoms with Gasteiger partial charge in [-0.25, -0.2) is 9.59 Å². The lowest BCUT2D eigenvalue weighted by atomic mass is 10.1. The normalized spacial score (nSPS) is 11.0. The van der Waals surface area contributed by atoms with Crippen LogP contribution < -0.4 is 21.3 Å². The minimum Gasteiger partial charge on any atom is -0.396 e. The first-order valence-electron chi connectivity index (χ1n) is 19.1. The second kappa shape index (κ2) is 43.5. The van der Waals surface area contributed by atoms with Crippen molar-refractivity contribution in [2.75, 3.05) is 38.1 Å². The third-order valence-corrected chi connectivity index (χ3v) is 8.23. The minimum absolute atomic E-state index is 0.0171. The molecule has 8 heteroatoms. The van der Waals surface area contributed by atoms with E-state index in [1.165, 1.54) is 83.5 Å². The maximum atomic E-state index is 11.5. The Bertz CT molecular complexity index is 620. The summed E-state index contributed by atoms with van der Waals surface area (Å²) in [7, 11) is 0. The Balaban J connectivity index is 0. The molecule has 0 saturated carbocycles. The van der Waals surface area contributed by atoms with E-state index in [0.717, 1.165) is 102 Å². The first kappa shape index (κ1) is 46.6. The molecule has 0 aliphatic carbocycles. The molecule has 0 aromatic rings. The molecule has 272 valence electrons. The average molecular weight is 716 g/mol. The van der Waals surface area contributed by atoms with E-state index in [9.17, 15) is 9.59 Å². The highest BCUT2D eigenvalue weighted by atomic mass is 79.9. The van der Waals surface area contributed by atoms with Gasteiger partial charge in [-0.15, -0.1) is 0 Å². The van der Waals surface area contributed by atoms with Crippen LogP contribution in [0.5, 0.6) is 0 Å². The van der Waals surface area contributed by atoms with Gasteiger partial charge in [0, 0.05) is 38.1 Å². The number of rotatable bonds is 32. The number of alkyl halides is 1. The summed E-state index contributed by atoms with van der Waals surface area (Å²) in [4.78, 5) is 22.9. The highest BCUT2D eigenvalue weighted by Gasteiger charge is 1.99. The zero-order valence-corrected chi connectivity index (χ0v) is 31.8. The van der Waals surface area contributed by atoms with Crippen LogP contribution >= 0.6 is 15.9 Å². The van der Waals surface area contributed by atoms with Crippen LogP contribution in [0.3, 0.4) is 0 Å². The highest BCUT2D eigenvalue weighted by molar-refractivity contribution is 9.09. The molecule has 0 saturated heterocycles. The van der Waals surface area contributed by atoms with Crippen LogP contribution in [0.25, 0.3) is 0 Å². The third kappa shape index (κ3) is 44.6. The van der Waals surface area contributed by atoms with Gasteiger partial charge < -0.3 is 26.4 Å². The molecule has 46 heavy (non-hydrogen) atoms. The highest BCUT2D eigenvalue weighted by Crippen LogP contribution is 2.08. The molecule has 0 aliphatic heterocycles. The second-order valence-electron chi connectivity index (χ2n) is 12.2. The van der Waals surface area contributed by atoms with Crippen LogP contribution in [0.2, 0.25) is 0 Å². The number of aliphatic hydroxyl groups excluding tert-OH is 1. The summed E-state index contributed by atoms with van der Waals surface area (Å²) < 4.78 is 0. The fraction of sp³-hybridized carbons (Fsp3) is 0.842. The van der Waals surface area contributed by atoms with E-state index in [0.29, 0.717) is 6.61 Å². The standard InChI is InChI=1S/C19H37BrN2O.C19H38N2O2/c1-2-3-14-17-21-19(23)22-18-15-12-10-8-6-4-5-7-9-11-13-16-20;1-2-3-13-16-20-19(23)21-17-14-11-9-7-5-4-6-8-10-12-15-18-22/h6,8H,2-5,7,9-18H2,1H3,(H2,21,22,23);5,7,22H,2-4,6,8-18H2,1H3,(H2,20,21,23)/b8-6-;7-5-. The van der Waals surface area contributed by atoms with Gasteiger partial charge >= 0.3 is 12.1 Å². The van der Waals surface area contributed by atoms with Gasteiger partial charge in [-0.05, 0) is 89.9 Å². The van der Waals surface area contributed by atoms with Gasteiger partial charge in [0.1, 0.15) is 0 Å². The molecule has 0 heterocycles. The SMILES string of the molecule is CCCCCNC(=O)NCCCC/C=C\CCCCCCCBr.CCCCCNC(=O)NCCCC/C=C\CCCCCCCO. The van der Waals surface area contributed by atoms with E-state index in [1.807, 2.05) is 0 Å². The first-order chi connectivity index (χ1) is 22.6. The Kier molecular flexibility index (Phi) is 44.0. The second-order valence-corrected chi connectivity index (χ2v) is 13.0. The molecule has 0 radical (unpaired) electrons. The van der Waals surface area contributed by atoms with E-state index < -0.39 is 0 Å². The molecule has 5 N–H and O–H groups in total. The van der Waals surface area contributed by atoms with Gasteiger partial charge in [0.25, 0.3) is 0 Å². The molecular formula is C38H75BrN4O3. The van der Waals surface area contributed by atoms with Crippen LogP contribution in [0.1, 0.15) is 168 Å². The summed E-state index contributed by atoms with van der Waals surface area (Å²) in [6, 6.07) is -0.0469. The average Bonchev–Trinajstić information content (AvgIpc) is 3.06. The molecular weight excluding hydrogens is 640 g/mol. The summed E-state index contributed by atoms with van der Waals surface area (Å²) in [6.07, 6.45) is 37.6. The number of unbranched alkanes of at least 4 members (excludes halogenated alkanes) is 18. The number of aliphatic hydroxyl groups is 1. The monoisotopic (exact) mass is 715 g/mol. The van der Waals surface area contributed by atoms with Crippen molar-refractivity contribution in [2.24, 2.45) is 0 Å². The van der Waals surface area contributed by atoms with Crippen LogP contribution in [-0.4, -0.2) is 55.3 Å². The van der Waals surface area contributed by atoms with Crippen molar-refractivity contribution in [3.63, 3.8) is 0 Å². The van der Waals surface area contributed by atoms with Gasteiger partial charge in [0.15, 0.2) is 0 Å². The van der Waals surface area contributed by atoms with E-state index >= 15 is 0 Å². The van der Waals surface area contributed by atoms with Gasteiger partial charge in [0.05, 0.1) is 0 Å². The topological polar surface area (TPSA) is 102 Å². The quantitative estimate of drug-likeness (QED) is 0.0272. The maximum Gasteiger partial charge on any atom is 0.314 e. The van der Waals surface area contributed by atoms with Gasteiger partial charge in [-0.2, -0.15) is 0 Å². The molecule has 0 bridgehead atoms. The lowest BCUT2D eigenvalue weighted by Crippen LogP contribution is -2.36. The number of nitrogens with one attached hydrogen (secondary N) is 4. The predicted molar refractivity (Wildman–Crippen MR) is 204 cm³/mol. The largest absolute Gasteiger partial charge is 0.396 e. The molecule has 4 amide bonds. The zero-order chi connectivity index (χ0) is 34.0. The summed E-state index contributed by atoms with van der Waals surface area (Å²) in [5.74, 6) is 0. The summed E-state index contributed by atoms with van der Waals surface area (Å²) >= 11 is 3.47. The van der Waals surface area contributed by atoms with E-state index in [-0.39, 0.29) is 12.1 Å². The van der Waals surface area contributed by atoms with E-state index in [1.54, 1.807) is 0 Å². The Morgan fingerprint density at radius 1 is 0.457 bits per heavy atom. The fourth-order valence-corrected chi connectivity index (χ4v) is 5.12. The minimum atomic E-state index is -0.0298. The van der Waals surface area contributed by atoms with Crippen molar-refractivity contribution in [3.05, 3.63) is 24.3 Å². The summed E-state index contributed by atoms with van der Waals surface area (Å²) in [6.45, 7) is 7.77.